The maximum atomic E-state index is 12.1. The van der Waals surface area contributed by atoms with Gasteiger partial charge in [0.15, 0.2) is 0 Å². The average molecular weight is 282 g/mol. The highest BCUT2D eigenvalue weighted by Crippen LogP contribution is 2.30. The Balaban J connectivity index is 1.65. The molecule has 0 aromatic rings. The van der Waals surface area contributed by atoms with Crippen LogP contribution in [-0.4, -0.2) is 42.3 Å². The van der Waals surface area contributed by atoms with E-state index < -0.39 is 0 Å². The number of aliphatic hydroxyl groups is 1. The minimum atomic E-state index is 0.0525. The van der Waals surface area contributed by atoms with Crippen molar-refractivity contribution in [2.75, 3.05) is 26.2 Å². The molecule has 116 valence electrons. The molecule has 4 heteroatoms. The van der Waals surface area contributed by atoms with E-state index in [-0.39, 0.29) is 18.6 Å². The van der Waals surface area contributed by atoms with Crippen LogP contribution in [0.25, 0.3) is 0 Å². The van der Waals surface area contributed by atoms with E-state index in [1.165, 1.54) is 25.7 Å². The van der Waals surface area contributed by atoms with Crippen LogP contribution in [0.4, 0.5) is 4.79 Å². The zero-order valence-electron chi connectivity index (χ0n) is 13.0. The first-order valence-electron chi connectivity index (χ1n) is 8.23. The maximum absolute atomic E-state index is 12.1. The Bertz CT molecular complexity index is 322. The van der Waals surface area contributed by atoms with Crippen LogP contribution in [-0.2, 0) is 0 Å². The molecule has 1 saturated heterocycles. The molecule has 0 bridgehead atoms. The third-order valence-corrected chi connectivity index (χ3v) is 5.16. The molecule has 1 aliphatic heterocycles. The fourth-order valence-corrected chi connectivity index (χ4v) is 3.75. The van der Waals surface area contributed by atoms with E-state index in [4.69, 9.17) is 0 Å². The summed E-state index contributed by atoms with van der Waals surface area (Å²) in [6, 6.07) is 0.0525. The lowest BCUT2D eigenvalue weighted by Gasteiger charge is -2.27. The largest absolute Gasteiger partial charge is 0.396 e. The molecule has 0 radical (unpaired) electrons. The van der Waals surface area contributed by atoms with E-state index >= 15 is 0 Å². The number of rotatable bonds is 4. The van der Waals surface area contributed by atoms with Gasteiger partial charge in [0.05, 0.1) is 0 Å². The number of urea groups is 1. The van der Waals surface area contributed by atoms with Gasteiger partial charge < -0.3 is 15.3 Å². The fourth-order valence-electron chi connectivity index (χ4n) is 3.75. The van der Waals surface area contributed by atoms with Gasteiger partial charge >= 0.3 is 6.03 Å². The van der Waals surface area contributed by atoms with E-state index in [0.29, 0.717) is 12.5 Å². The molecule has 2 N–H and O–H groups in total. The summed E-state index contributed by atoms with van der Waals surface area (Å²) in [5.74, 6) is 2.31. The van der Waals surface area contributed by atoms with Crippen molar-refractivity contribution in [3.63, 3.8) is 0 Å². The molecule has 2 amide bonds. The highest BCUT2D eigenvalue weighted by Gasteiger charge is 2.31. The van der Waals surface area contributed by atoms with Crippen molar-refractivity contribution in [2.24, 2.45) is 23.7 Å². The molecule has 0 aromatic carbocycles. The molecule has 20 heavy (non-hydrogen) atoms. The second kappa shape index (κ2) is 7.30. The van der Waals surface area contributed by atoms with Crippen molar-refractivity contribution in [1.29, 1.82) is 0 Å². The van der Waals surface area contributed by atoms with Gasteiger partial charge in [0.25, 0.3) is 0 Å². The predicted octanol–water partition coefficient (Wildman–Crippen LogP) is 2.47. The molecule has 0 spiro atoms. The van der Waals surface area contributed by atoms with Gasteiger partial charge in [-0.3, -0.25) is 0 Å². The second-order valence-corrected chi connectivity index (χ2v) is 6.98. The molecule has 0 aromatic heterocycles. The molecular weight excluding hydrogens is 252 g/mol. The quantitative estimate of drug-likeness (QED) is 0.832. The van der Waals surface area contributed by atoms with Gasteiger partial charge in [-0.2, -0.15) is 0 Å². The number of hydrogen-bond donors (Lipinski definition) is 2. The number of nitrogens with one attached hydrogen (secondary N) is 1. The molecule has 1 aliphatic carbocycles. The first kappa shape index (κ1) is 15.6. The number of carbonyl (C=O) groups excluding carboxylic acids is 1. The second-order valence-electron chi connectivity index (χ2n) is 6.98. The first-order chi connectivity index (χ1) is 9.60. The normalized spacial score (nSPS) is 34.2. The van der Waals surface area contributed by atoms with E-state index in [1.807, 2.05) is 4.90 Å². The smallest absolute Gasteiger partial charge is 0.317 e. The first-order valence-corrected chi connectivity index (χ1v) is 8.23. The Kier molecular flexibility index (Phi) is 5.70. The van der Waals surface area contributed by atoms with Crippen molar-refractivity contribution in [3.05, 3.63) is 0 Å². The van der Waals surface area contributed by atoms with Crippen LogP contribution < -0.4 is 5.32 Å². The molecule has 2 fully saturated rings. The van der Waals surface area contributed by atoms with Crippen LogP contribution in [0.2, 0.25) is 0 Å². The number of likely N-dealkylation sites (tertiary alicyclic amines) is 1. The third-order valence-electron chi connectivity index (χ3n) is 5.16. The Hall–Kier alpha value is -0.770. The summed E-state index contributed by atoms with van der Waals surface area (Å²) >= 11 is 0. The maximum Gasteiger partial charge on any atom is 0.317 e. The number of nitrogens with zero attached hydrogens (tertiary/aromatic N) is 1. The summed E-state index contributed by atoms with van der Waals surface area (Å²) in [6.45, 7) is 6.90. The van der Waals surface area contributed by atoms with Crippen molar-refractivity contribution in [2.45, 2.75) is 46.0 Å². The Morgan fingerprint density at radius 2 is 2.10 bits per heavy atom. The molecule has 2 aliphatic rings. The summed E-state index contributed by atoms with van der Waals surface area (Å²) in [6.07, 6.45) is 6.48. The van der Waals surface area contributed by atoms with Gasteiger partial charge in [0, 0.05) is 32.2 Å². The summed E-state index contributed by atoms with van der Waals surface area (Å²) in [5, 5.41) is 12.3. The van der Waals surface area contributed by atoms with Crippen molar-refractivity contribution in [3.8, 4) is 0 Å². The predicted molar refractivity (Wildman–Crippen MR) is 80.5 cm³/mol. The van der Waals surface area contributed by atoms with Gasteiger partial charge in [-0.1, -0.05) is 33.1 Å². The number of aliphatic hydroxyl groups excluding tert-OH is 1. The van der Waals surface area contributed by atoms with Crippen LogP contribution in [0.1, 0.15) is 46.0 Å². The summed E-state index contributed by atoms with van der Waals surface area (Å²) in [5.41, 5.74) is 0. The monoisotopic (exact) mass is 282 g/mol. The third kappa shape index (κ3) is 4.11. The number of hydrogen-bond acceptors (Lipinski definition) is 2. The van der Waals surface area contributed by atoms with E-state index in [0.717, 1.165) is 31.3 Å². The van der Waals surface area contributed by atoms with E-state index in [2.05, 4.69) is 19.2 Å². The van der Waals surface area contributed by atoms with E-state index in [1.54, 1.807) is 0 Å². The minimum absolute atomic E-state index is 0.0525. The topological polar surface area (TPSA) is 52.6 Å². The SMILES string of the molecule is C[C@H]1CCC[C@@H](CCNC(=O)N2C[C@@H](CO)[C@H](C)C2)C1. The average Bonchev–Trinajstić information content (AvgIpc) is 2.80. The highest BCUT2D eigenvalue weighted by atomic mass is 16.3. The molecule has 1 saturated carbocycles. The molecular formula is C16H30N2O2. The van der Waals surface area contributed by atoms with Crippen LogP contribution >= 0.6 is 0 Å². The lowest BCUT2D eigenvalue weighted by atomic mass is 9.81. The summed E-state index contributed by atoms with van der Waals surface area (Å²) in [4.78, 5) is 13.9. The van der Waals surface area contributed by atoms with Crippen molar-refractivity contribution < 1.29 is 9.90 Å². The Morgan fingerprint density at radius 1 is 1.30 bits per heavy atom. The molecule has 2 rings (SSSR count). The van der Waals surface area contributed by atoms with Crippen LogP contribution in [0.5, 0.6) is 0 Å². The summed E-state index contributed by atoms with van der Waals surface area (Å²) < 4.78 is 0. The standard InChI is InChI=1S/C16H30N2O2/c1-12-4-3-5-14(8-12)6-7-17-16(20)18-9-13(2)15(10-18)11-19/h12-15,19H,3-11H2,1-2H3,(H,17,20)/t12-,13+,14-,15-/m0/s1. The molecule has 0 unspecified atom stereocenters. The molecule has 1 heterocycles. The van der Waals surface area contributed by atoms with Gasteiger partial charge in [-0.05, 0) is 30.6 Å². The fraction of sp³-hybridized carbons (Fsp3) is 0.938. The zero-order chi connectivity index (χ0) is 14.5. The van der Waals surface area contributed by atoms with Gasteiger partial charge in [-0.15, -0.1) is 0 Å². The lowest BCUT2D eigenvalue weighted by molar-refractivity contribution is 0.194. The lowest BCUT2D eigenvalue weighted by Crippen LogP contribution is -2.39. The highest BCUT2D eigenvalue weighted by molar-refractivity contribution is 5.74. The van der Waals surface area contributed by atoms with Crippen molar-refractivity contribution >= 4 is 6.03 Å². The van der Waals surface area contributed by atoms with Crippen LogP contribution in [0, 0.1) is 23.7 Å². The number of amides is 2. The molecule has 4 nitrogen and oxygen atoms in total. The van der Waals surface area contributed by atoms with Gasteiger partial charge in [0.2, 0.25) is 0 Å². The van der Waals surface area contributed by atoms with Crippen LogP contribution in [0.3, 0.4) is 0 Å². The Labute approximate surface area is 122 Å². The zero-order valence-corrected chi connectivity index (χ0v) is 13.0. The van der Waals surface area contributed by atoms with Crippen molar-refractivity contribution in [1.82, 2.24) is 10.2 Å². The molecule has 4 atom stereocenters. The van der Waals surface area contributed by atoms with Gasteiger partial charge in [0.1, 0.15) is 0 Å². The van der Waals surface area contributed by atoms with Crippen LogP contribution in [0.15, 0.2) is 0 Å². The number of carbonyl (C=O) groups is 1. The van der Waals surface area contributed by atoms with E-state index in [9.17, 15) is 9.90 Å². The summed E-state index contributed by atoms with van der Waals surface area (Å²) in [7, 11) is 0. The minimum Gasteiger partial charge on any atom is -0.396 e. The van der Waals surface area contributed by atoms with Gasteiger partial charge in [-0.25, -0.2) is 4.79 Å². The Morgan fingerprint density at radius 3 is 2.75 bits per heavy atom.